The molecule has 0 aliphatic rings. The highest BCUT2D eigenvalue weighted by atomic mass is 16.6. The van der Waals surface area contributed by atoms with E-state index in [4.69, 9.17) is 9.47 Å². The lowest BCUT2D eigenvalue weighted by Gasteiger charge is -2.04. The van der Waals surface area contributed by atoms with Gasteiger partial charge in [-0.25, -0.2) is 0 Å². The second-order valence-electron chi connectivity index (χ2n) is 2.90. The second kappa shape index (κ2) is 12.4. The maximum atomic E-state index is 9.74. The molecule has 0 unspecified atom stereocenters. The molecule has 0 fully saturated rings. The van der Waals surface area contributed by atoms with Crippen LogP contribution in [0.3, 0.4) is 0 Å². The van der Waals surface area contributed by atoms with Crippen LogP contribution in [0.1, 0.15) is 26.2 Å². The molecule has 14 heavy (non-hydrogen) atoms. The Bertz CT molecular complexity index is 117. The van der Waals surface area contributed by atoms with E-state index in [1.807, 2.05) is 0 Å². The second-order valence-corrected chi connectivity index (χ2v) is 2.90. The summed E-state index contributed by atoms with van der Waals surface area (Å²) in [4.78, 5) is 9.74. The highest BCUT2D eigenvalue weighted by Gasteiger charge is 1.90. The maximum Gasteiger partial charge on any atom is 0.293 e. The molecular weight excluding hydrogens is 184 g/mol. The van der Waals surface area contributed by atoms with E-state index in [9.17, 15) is 4.79 Å². The lowest BCUT2D eigenvalue weighted by atomic mass is 10.3. The summed E-state index contributed by atoms with van der Waals surface area (Å²) < 4.78 is 14.9. The summed E-state index contributed by atoms with van der Waals surface area (Å²) in [6.07, 6.45) is 3.54. The predicted octanol–water partition coefficient (Wildman–Crippen LogP) is 1.38. The van der Waals surface area contributed by atoms with Gasteiger partial charge in [0.25, 0.3) is 6.47 Å². The molecule has 0 aliphatic heterocycles. The first-order valence-electron chi connectivity index (χ1n) is 5.12. The van der Waals surface area contributed by atoms with E-state index in [0.29, 0.717) is 32.9 Å². The van der Waals surface area contributed by atoms with Crippen molar-refractivity contribution in [2.24, 2.45) is 0 Å². The maximum absolute atomic E-state index is 9.74. The molecular formula is C10H20O4. The van der Waals surface area contributed by atoms with Crippen molar-refractivity contribution in [2.75, 3.05) is 33.0 Å². The van der Waals surface area contributed by atoms with Gasteiger partial charge in [0.2, 0.25) is 0 Å². The van der Waals surface area contributed by atoms with Gasteiger partial charge in [0, 0.05) is 6.61 Å². The normalized spacial score (nSPS) is 10.1. The molecule has 0 aromatic carbocycles. The first-order valence-corrected chi connectivity index (χ1v) is 5.12. The molecule has 0 heterocycles. The van der Waals surface area contributed by atoms with Gasteiger partial charge in [-0.05, 0) is 6.42 Å². The molecule has 0 aliphatic carbocycles. The average Bonchev–Trinajstić information content (AvgIpc) is 2.21. The van der Waals surface area contributed by atoms with Gasteiger partial charge in [-0.15, -0.1) is 0 Å². The topological polar surface area (TPSA) is 44.8 Å². The van der Waals surface area contributed by atoms with Crippen molar-refractivity contribution >= 4 is 6.47 Å². The molecule has 0 amide bonds. The Morgan fingerprint density at radius 3 is 2.21 bits per heavy atom. The molecule has 4 nitrogen and oxygen atoms in total. The van der Waals surface area contributed by atoms with E-state index in [2.05, 4.69) is 11.7 Å². The molecule has 0 bridgehead atoms. The fourth-order valence-electron chi connectivity index (χ4n) is 0.931. The van der Waals surface area contributed by atoms with Crippen LogP contribution in [-0.2, 0) is 19.0 Å². The first-order chi connectivity index (χ1) is 6.91. The SMILES string of the molecule is CCCCCOCCOCCOC=O. The van der Waals surface area contributed by atoms with Crippen molar-refractivity contribution in [2.45, 2.75) is 26.2 Å². The highest BCUT2D eigenvalue weighted by Crippen LogP contribution is 1.93. The van der Waals surface area contributed by atoms with Crippen molar-refractivity contribution in [3.05, 3.63) is 0 Å². The van der Waals surface area contributed by atoms with E-state index in [-0.39, 0.29) is 0 Å². The van der Waals surface area contributed by atoms with Crippen molar-refractivity contribution < 1.29 is 19.0 Å². The van der Waals surface area contributed by atoms with Crippen LogP contribution in [0.2, 0.25) is 0 Å². The lowest BCUT2D eigenvalue weighted by Crippen LogP contribution is -2.09. The monoisotopic (exact) mass is 204 g/mol. The van der Waals surface area contributed by atoms with Crippen molar-refractivity contribution in [1.29, 1.82) is 0 Å². The molecule has 0 spiro atoms. The fraction of sp³-hybridized carbons (Fsp3) is 0.900. The van der Waals surface area contributed by atoms with Gasteiger partial charge in [0.15, 0.2) is 0 Å². The number of rotatable bonds is 11. The standard InChI is InChI=1S/C10H20O4/c1-2-3-4-5-12-6-7-13-8-9-14-10-11/h10H,2-9H2,1H3. The minimum atomic E-state index is 0.319. The van der Waals surface area contributed by atoms with E-state index >= 15 is 0 Å². The lowest BCUT2D eigenvalue weighted by molar-refractivity contribution is -0.130. The van der Waals surface area contributed by atoms with Gasteiger partial charge < -0.3 is 14.2 Å². The van der Waals surface area contributed by atoms with E-state index in [1.54, 1.807) is 0 Å². The summed E-state index contributed by atoms with van der Waals surface area (Å²) in [6.45, 7) is 5.33. The van der Waals surface area contributed by atoms with Crippen molar-refractivity contribution in [3.63, 3.8) is 0 Å². The van der Waals surface area contributed by atoms with E-state index in [1.165, 1.54) is 12.8 Å². The summed E-state index contributed by atoms with van der Waals surface area (Å²) >= 11 is 0. The van der Waals surface area contributed by atoms with Crippen LogP contribution in [0.15, 0.2) is 0 Å². The Balaban J connectivity index is 2.81. The molecule has 0 saturated carbocycles. The van der Waals surface area contributed by atoms with Crippen molar-refractivity contribution in [1.82, 2.24) is 0 Å². The predicted molar refractivity (Wildman–Crippen MR) is 53.2 cm³/mol. The smallest absolute Gasteiger partial charge is 0.293 e. The zero-order valence-corrected chi connectivity index (χ0v) is 8.87. The molecule has 84 valence electrons. The van der Waals surface area contributed by atoms with Gasteiger partial charge in [0.1, 0.15) is 6.61 Å². The number of carbonyl (C=O) groups is 1. The fourth-order valence-corrected chi connectivity index (χ4v) is 0.931. The summed E-state index contributed by atoms with van der Waals surface area (Å²) in [5.41, 5.74) is 0. The summed E-state index contributed by atoms with van der Waals surface area (Å²) in [7, 11) is 0. The van der Waals surface area contributed by atoms with Crippen LogP contribution < -0.4 is 0 Å². The Kier molecular flexibility index (Phi) is 11.9. The number of hydrogen-bond donors (Lipinski definition) is 0. The zero-order valence-electron chi connectivity index (χ0n) is 8.87. The number of carbonyl (C=O) groups excluding carboxylic acids is 1. The van der Waals surface area contributed by atoms with Crippen LogP contribution in [0, 0.1) is 0 Å². The summed E-state index contributed by atoms with van der Waals surface area (Å²) in [5.74, 6) is 0. The Labute approximate surface area is 85.5 Å². The Hall–Kier alpha value is -0.610. The van der Waals surface area contributed by atoms with E-state index in [0.717, 1.165) is 13.0 Å². The largest absolute Gasteiger partial charge is 0.465 e. The Morgan fingerprint density at radius 2 is 1.57 bits per heavy atom. The Morgan fingerprint density at radius 1 is 0.929 bits per heavy atom. The van der Waals surface area contributed by atoms with Crippen LogP contribution in [-0.4, -0.2) is 39.5 Å². The van der Waals surface area contributed by atoms with Gasteiger partial charge >= 0.3 is 0 Å². The molecule has 0 rings (SSSR count). The van der Waals surface area contributed by atoms with Gasteiger partial charge in [-0.1, -0.05) is 19.8 Å². The van der Waals surface area contributed by atoms with Crippen LogP contribution in [0.5, 0.6) is 0 Å². The molecule has 0 atom stereocenters. The summed E-state index contributed by atoms with van der Waals surface area (Å²) in [5, 5.41) is 0. The summed E-state index contributed by atoms with van der Waals surface area (Å²) in [6, 6.07) is 0. The third-order valence-corrected chi connectivity index (χ3v) is 1.68. The molecule has 0 aromatic heterocycles. The van der Waals surface area contributed by atoms with Crippen molar-refractivity contribution in [3.8, 4) is 0 Å². The third kappa shape index (κ3) is 11.4. The minimum absolute atomic E-state index is 0.319. The molecule has 0 saturated heterocycles. The van der Waals surface area contributed by atoms with Crippen LogP contribution >= 0.6 is 0 Å². The third-order valence-electron chi connectivity index (χ3n) is 1.68. The average molecular weight is 204 g/mol. The number of ether oxygens (including phenoxy) is 3. The number of hydrogen-bond acceptors (Lipinski definition) is 4. The molecule has 0 radical (unpaired) electrons. The van der Waals surface area contributed by atoms with Gasteiger partial charge in [-0.2, -0.15) is 0 Å². The molecule has 0 N–H and O–H groups in total. The first kappa shape index (κ1) is 13.4. The molecule has 4 heteroatoms. The van der Waals surface area contributed by atoms with Crippen LogP contribution in [0.4, 0.5) is 0 Å². The van der Waals surface area contributed by atoms with Gasteiger partial charge in [0.05, 0.1) is 19.8 Å². The van der Waals surface area contributed by atoms with Crippen LogP contribution in [0.25, 0.3) is 0 Å². The quantitative estimate of drug-likeness (QED) is 0.377. The zero-order chi connectivity index (χ0) is 10.5. The van der Waals surface area contributed by atoms with E-state index < -0.39 is 0 Å². The molecule has 0 aromatic rings. The van der Waals surface area contributed by atoms with Gasteiger partial charge in [-0.3, -0.25) is 4.79 Å². The minimum Gasteiger partial charge on any atom is -0.465 e. The highest BCUT2D eigenvalue weighted by molar-refractivity contribution is 5.36. The number of unbranched alkanes of at least 4 members (excludes halogenated alkanes) is 2.